The number of aromatic nitrogens is 3. The molecule has 0 aliphatic heterocycles. The lowest BCUT2D eigenvalue weighted by molar-refractivity contribution is -0.113. The summed E-state index contributed by atoms with van der Waals surface area (Å²) in [7, 11) is 0. The van der Waals surface area contributed by atoms with Gasteiger partial charge in [-0.25, -0.2) is 4.98 Å². The molecule has 2 aromatic heterocycles. The van der Waals surface area contributed by atoms with Crippen LogP contribution in [0.1, 0.15) is 45.7 Å². The second kappa shape index (κ2) is 9.66. The van der Waals surface area contributed by atoms with Crippen molar-refractivity contribution in [1.29, 1.82) is 0 Å². The number of hydrogen-bond acceptors (Lipinski definition) is 6. The molecular weight excluding hydrogens is 424 g/mol. The largest absolute Gasteiger partial charge is 0.338 e. The van der Waals surface area contributed by atoms with Crippen molar-refractivity contribution in [3.63, 3.8) is 0 Å². The van der Waals surface area contributed by atoms with E-state index in [2.05, 4.69) is 29.3 Å². The van der Waals surface area contributed by atoms with Gasteiger partial charge in [0.15, 0.2) is 5.16 Å². The minimum Gasteiger partial charge on any atom is -0.338 e. The second-order valence-corrected chi connectivity index (χ2v) is 9.18. The first kappa shape index (κ1) is 22.4. The molecule has 0 saturated heterocycles. The number of nitrogens with one attached hydrogen (secondary N) is 1. The molecule has 1 N–H and O–H groups in total. The van der Waals surface area contributed by atoms with E-state index in [0.717, 1.165) is 12.1 Å². The molecular formula is C21H25ClN4O3S. The van der Waals surface area contributed by atoms with Crippen LogP contribution >= 0.6 is 23.4 Å². The van der Waals surface area contributed by atoms with Crippen molar-refractivity contribution in [3.05, 3.63) is 45.3 Å². The smallest absolute Gasteiger partial charge is 0.262 e. The van der Waals surface area contributed by atoms with E-state index in [-0.39, 0.29) is 23.1 Å². The Morgan fingerprint density at radius 2 is 2.03 bits per heavy atom. The molecule has 0 aliphatic carbocycles. The maximum absolute atomic E-state index is 13.0. The molecule has 0 radical (unpaired) electrons. The molecule has 3 rings (SSSR count). The summed E-state index contributed by atoms with van der Waals surface area (Å²) >= 11 is 7.28. The van der Waals surface area contributed by atoms with Crippen molar-refractivity contribution >= 4 is 46.1 Å². The molecule has 0 aliphatic rings. The van der Waals surface area contributed by atoms with Gasteiger partial charge in [-0.15, -0.1) is 0 Å². The Kier molecular flexibility index (Phi) is 7.20. The molecule has 0 fully saturated rings. The number of benzene rings is 1. The van der Waals surface area contributed by atoms with Gasteiger partial charge in [0, 0.05) is 17.6 Å². The monoisotopic (exact) mass is 448 g/mol. The molecule has 7 nitrogen and oxygen atoms in total. The lowest BCUT2D eigenvalue weighted by Crippen LogP contribution is -2.25. The number of amides is 1. The van der Waals surface area contributed by atoms with Crippen LogP contribution in [-0.2, 0) is 11.3 Å². The number of halogens is 1. The number of carbonyl (C=O) groups excluding carboxylic acids is 1. The van der Waals surface area contributed by atoms with Crippen molar-refractivity contribution < 1.29 is 9.32 Å². The van der Waals surface area contributed by atoms with Crippen molar-refractivity contribution in [2.24, 2.45) is 5.92 Å². The molecule has 1 amide bonds. The van der Waals surface area contributed by atoms with Gasteiger partial charge in [-0.05, 0) is 36.5 Å². The third-order valence-electron chi connectivity index (χ3n) is 4.53. The standard InChI is InChI=1S/C21H25ClN4O3S/c1-12(2)7-8-26-20(28)15-6-5-14(22)9-17(15)23-21(26)30-11-18(27)24-19-10-16(13(3)4)25-29-19/h5-6,9-10,12-13H,7-8,11H2,1-4H3,(H,24,27). The van der Waals surface area contributed by atoms with Gasteiger partial charge < -0.3 is 4.52 Å². The molecule has 160 valence electrons. The fourth-order valence-corrected chi connectivity index (χ4v) is 3.78. The molecule has 0 spiro atoms. The summed E-state index contributed by atoms with van der Waals surface area (Å²) in [5, 5.41) is 8.14. The van der Waals surface area contributed by atoms with E-state index in [1.54, 1.807) is 28.8 Å². The quantitative estimate of drug-likeness (QED) is 0.387. The van der Waals surface area contributed by atoms with Gasteiger partial charge in [-0.2, -0.15) is 0 Å². The Morgan fingerprint density at radius 3 is 2.70 bits per heavy atom. The number of rotatable bonds is 8. The fourth-order valence-electron chi connectivity index (χ4n) is 2.79. The average Bonchev–Trinajstić information content (AvgIpc) is 3.14. The predicted octanol–water partition coefficient (Wildman–Crippen LogP) is 4.94. The topological polar surface area (TPSA) is 90.0 Å². The van der Waals surface area contributed by atoms with Crippen LogP contribution in [0.15, 0.2) is 38.7 Å². The maximum atomic E-state index is 13.0. The van der Waals surface area contributed by atoms with Crippen LogP contribution in [0.4, 0.5) is 5.88 Å². The predicted molar refractivity (Wildman–Crippen MR) is 120 cm³/mol. The molecule has 0 bridgehead atoms. The summed E-state index contributed by atoms with van der Waals surface area (Å²) < 4.78 is 6.79. The van der Waals surface area contributed by atoms with Crippen molar-refractivity contribution in [3.8, 4) is 0 Å². The van der Waals surface area contributed by atoms with Gasteiger partial charge in [0.1, 0.15) is 0 Å². The highest BCUT2D eigenvalue weighted by molar-refractivity contribution is 7.99. The zero-order chi connectivity index (χ0) is 21.8. The van der Waals surface area contributed by atoms with Crippen LogP contribution in [0.3, 0.4) is 0 Å². The van der Waals surface area contributed by atoms with E-state index in [1.807, 2.05) is 13.8 Å². The molecule has 0 unspecified atom stereocenters. The SMILES string of the molecule is CC(C)CCn1c(SCC(=O)Nc2cc(C(C)C)no2)nc2cc(Cl)ccc2c1=O. The first-order valence-corrected chi connectivity index (χ1v) is 11.2. The Balaban J connectivity index is 1.81. The molecule has 1 aromatic carbocycles. The molecule has 30 heavy (non-hydrogen) atoms. The lowest BCUT2D eigenvalue weighted by atomic mass is 10.1. The average molecular weight is 449 g/mol. The lowest BCUT2D eigenvalue weighted by Gasteiger charge is -2.14. The maximum Gasteiger partial charge on any atom is 0.262 e. The number of anilines is 1. The van der Waals surface area contributed by atoms with Crippen molar-refractivity contribution in [2.75, 3.05) is 11.1 Å². The molecule has 3 aromatic rings. The van der Waals surface area contributed by atoms with E-state index in [4.69, 9.17) is 16.1 Å². The molecule has 0 atom stereocenters. The number of thioether (sulfide) groups is 1. The molecule has 0 saturated carbocycles. The summed E-state index contributed by atoms with van der Waals surface area (Å²) in [5.74, 6) is 0.762. The summed E-state index contributed by atoms with van der Waals surface area (Å²) in [6.07, 6.45) is 0.830. The van der Waals surface area contributed by atoms with Crippen LogP contribution in [-0.4, -0.2) is 26.4 Å². The summed E-state index contributed by atoms with van der Waals surface area (Å²) in [4.78, 5) is 30.0. The van der Waals surface area contributed by atoms with Gasteiger partial charge in [-0.3, -0.25) is 19.5 Å². The number of fused-ring (bicyclic) bond motifs is 1. The highest BCUT2D eigenvalue weighted by Crippen LogP contribution is 2.22. The van der Waals surface area contributed by atoms with E-state index < -0.39 is 0 Å². The van der Waals surface area contributed by atoms with Gasteiger partial charge in [-0.1, -0.05) is 56.2 Å². The number of nitrogens with zero attached hydrogens (tertiary/aromatic N) is 3. The van der Waals surface area contributed by atoms with Gasteiger partial charge in [0.2, 0.25) is 11.8 Å². The zero-order valence-electron chi connectivity index (χ0n) is 17.4. The summed E-state index contributed by atoms with van der Waals surface area (Å²) in [6.45, 7) is 8.72. The fraction of sp³-hybridized carbons (Fsp3) is 0.429. The van der Waals surface area contributed by atoms with E-state index in [9.17, 15) is 9.59 Å². The van der Waals surface area contributed by atoms with Gasteiger partial charge in [0.05, 0.1) is 22.3 Å². The third-order valence-corrected chi connectivity index (χ3v) is 5.74. The van der Waals surface area contributed by atoms with Crippen LogP contribution in [0.2, 0.25) is 5.02 Å². The molecule has 9 heteroatoms. The Hall–Kier alpha value is -2.32. The van der Waals surface area contributed by atoms with Gasteiger partial charge in [0.25, 0.3) is 5.56 Å². The highest BCUT2D eigenvalue weighted by Gasteiger charge is 2.15. The van der Waals surface area contributed by atoms with E-state index in [0.29, 0.717) is 39.4 Å². The third kappa shape index (κ3) is 5.43. The number of hydrogen-bond donors (Lipinski definition) is 1. The van der Waals surface area contributed by atoms with Crippen molar-refractivity contribution in [1.82, 2.24) is 14.7 Å². The first-order chi connectivity index (χ1) is 14.2. The van der Waals surface area contributed by atoms with Crippen LogP contribution in [0.5, 0.6) is 0 Å². The Labute approximate surface area is 184 Å². The van der Waals surface area contributed by atoms with Crippen LogP contribution < -0.4 is 10.9 Å². The van der Waals surface area contributed by atoms with Gasteiger partial charge >= 0.3 is 0 Å². The minimum absolute atomic E-state index is 0.0813. The van der Waals surface area contributed by atoms with Crippen LogP contribution in [0, 0.1) is 5.92 Å². The summed E-state index contributed by atoms with van der Waals surface area (Å²) in [6, 6.07) is 6.75. The first-order valence-electron chi connectivity index (χ1n) is 9.84. The second-order valence-electron chi connectivity index (χ2n) is 7.80. The zero-order valence-corrected chi connectivity index (χ0v) is 19.0. The Bertz CT molecular complexity index is 1110. The van der Waals surface area contributed by atoms with E-state index >= 15 is 0 Å². The normalized spacial score (nSPS) is 11.6. The van der Waals surface area contributed by atoms with Crippen LogP contribution in [0.25, 0.3) is 10.9 Å². The minimum atomic E-state index is -0.262. The highest BCUT2D eigenvalue weighted by atomic mass is 35.5. The summed E-state index contributed by atoms with van der Waals surface area (Å²) in [5.41, 5.74) is 1.17. The van der Waals surface area contributed by atoms with Crippen molar-refractivity contribution in [2.45, 2.75) is 51.7 Å². The number of carbonyl (C=O) groups is 1. The molecule has 2 heterocycles. The Morgan fingerprint density at radius 1 is 1.27 bits per heavy atom. The van der Waals surface area contributed by atoms with E-state index in [1.165, 1.54) is 11.8 Å².